The number of hydrogen-bond acceptors (Lipinski definition) is 4. The maximum atomic E-state index is 11.8. The van der Waals surface area contributed by atoms with Crippen molar-refractivity contribution in [3.63, 3.8) is 0 Å². The summed E-state index contributed by atoms with van der Waals surface area (Å²) in [5.41, 5.74) is 0.813. The highest BCUT2D eigenvalue weighted by Crippen LogP contribution is 2.29. The molecule has 0 unspecified atom stereocenters. The first-order valence-electron chi connectivity index (χ1n) is 5.20. The van der Waals surface area contributed by atoms with E-state index in [9.17, 15) is 4.79 Å². The summed E-state index contributed by atoms with van der Waals surface area (Å²) in [6, 6.07) is 7.05. The van der Waals surface area contributed by atoms with Gasteiger partial charge >= 0.3 is 5.63 Å². The molecule has 17 heavy (non-hydrogen) atoms. The summed E-state index contributed by atoms with van der Waals surface area (Å²) >= 11 is 0. The van der Waals surface area contributed by atoms with E-state index in [1.54, 1.807) is 38.3 Å². The predicted octanol–water partition coefficient (Wildman–Crippen LogP) is 2.86. The van der Waals surface area contributed by atoms with Gasteiger partial charge in [0.1, 0.15) is 28.1 Å². The van der Waals surface area contributed by atoms with E-state index in [4.69, 9.17) is 13.6 Å². The van der Waals surface area contributed by atoms with E-state index < -0.39 is 0 Å². The van der Waals surface area contributed by atoms with Gasteiger partial charge in [-0.2, -0.15) is 0 Å². The van der Waals surface area contributed by atoms with Crippen LogP contribution in [0.1, 0.15) is 5.76 Å². The van der Waals surface area contributed by atoms with Crippen molar-refractivity contribution >= 4 is 21.9 Å². The van der Waals surface area contributed by atoms with Crippen LogP contribution in [-0.2, 0) is 0 Å². The van der Waals surface area contributed by atoms with Gasteiger partial charge in [-0.05, 0) is 25.1 Å². The monoisotopic (exact) mass is 230 g/mol. The Bertz CT molecular complexity index is 764. The molecule has 0 saturated carbocycles. The van der Waals surface area contributed by atoms with Crippen molar-refractivity contribution < 1.29 is 13.6 Å². The first-order chi connectivity index (χ1) is 8.19. The van der Waals surface area contributed by atoms with E-state index in [2.05, 4.69) is 0 Å². The molecule has 0 aliphatic rings. The first-order valence-corrected chi connectivity index (χ1v) is 5.20. The van der Waals surface area contributed by atoms with Crippen LogP contribution in [0, 0.1) is 6.92 Å². The van der Waals surface area contributed by atoms with Crippen molar-refractivity contribution in [1.29, 1.82) is 0 Å². The molecule has 1 aromatic carbocycles. The zero-order chi connectivity index (χ0) is 12.0. The minimum Gasteiger partial charge on any atom is -0.497 e. The van der Waals surface area contributed by atoms with Gasteiger partial charge in [0.25, 0.3) is 0 Å². The molecule has 0 saturated heterocycles. The average molecular weight is 230 g/mol. The second kappa shape index (κ2) is 3.38. The standard InChI is InChI=1S/C13H10O4/c1-7-5-11-12(13(14)16-7)9-6-8(15-2)3-4-10(9)17-11/h3-6H,1-2H3. The predicted molar refractivity (Wildman–Crippen MR) is 63.5 cm³/mol. The number of furan rings is 1. The first kappa shape index (κ1) is 9.96. The van der Waals surface area contributed by atoms with E-state index in [-0.39, 0.29) is 5.63 Å². The minimum atomic E-state index is -0.382. The Kier molecular flexibility index (Phi) is 1.98. The van der Waals surface area contributed by atoms with Gasteiger partial charge < -0.3 is 13.6 Å². The Hall–Kier alpha value is -2.23. The third-order valence-electron chi connectivity index (χ3n) is 2.71. The molecule has 3 rings (SSSR count). The fraction of sp³-hybridized carbons (Fsp3) is 0.154. The van der Waals surface area contributed by atoms with E-state index in [0.717, 1.165) is 0 Å². The van der Waals surface area contributed by atoms with Gasteiger partial charge in [-0.25, -0.2) is 4.79 Å². The fourth-order valence-corrected chi connectivity index (χ4v) is 1.95. The third kappa shape index (κ3) is 1.41. The number of methoxy groups -OCH3 is 1. The van der Waals surface area contributed by atoms with Crippen molar-refractivity contribution in [2.45, 2.75) is 6.92 Å². The highest BCUT2D eigenvalue weighted by atomic mass is 16.5. The van der Waals surface area contributed by atoms with Gasteiger partial charge in [0.05, 0.1) is 7.11 Å². The molecule has 0 N–H and O–H groups in total. The molecule has 0 atom stereocenters. The Morgan fingerprint density at radius 1 is 1.12 bits per heavy atom. The molecule has 0 aliphatic carbocycles. The molecule has 3 aromatic rings. The number of rotatable bonds is 1. The minimum absolute atomic E-state index is 0.382. The molecule has 86 valence electrons. The molecule has 2 aromatic heterocycles. The Labute approximate surface area is 96.4 Å². The number of ether oxygens (including phenoxy) is 1. The van der Waals surface area contributed by atoms with E-state index >= 15 is 0 Å². The van der Waals surface area contributed by atoms with Crippen LogP contribution < -0.4 is 10.4 Å². The van der Waals surface area contributed by atoms with Gasteiger partial charge in [-0.1, -0.05) is 0 Å². The Balaban J connectivity index is 2.53. The van der Waals surface area contributed by atoms with Crippen LogP contribution in [0.15, 0.2) is 37.9 Å². The lowest BCUT2D eigenvalue weighted by Crippen LogP contribution is -1.98. The zero-order valence-corrected chi connectivity index (χ0v) is 9.44. The van der Waals surface area contributed by atoms with E-state index in [1.165, 1.54) is 0 Å². The molecule has 4 heteroatoms. The molecule has 0 fully saturated rings. The maximum Gasteiger partial charge on any atom is 0.347 e. The fourth-order valence-electron chi connectivity index (χ4n) is 1.95. The zero-order valence-electron chi connectivity index (χ0n) is 9.44. The van der Waals surface area contributed by atoms with Crippen LogP contribution in [0.4, 0.5) is 0 Å². The normalized spacial score (nSPS) is 11.2. The summed E-state index contributed by atoms with van der Waals surface area (Å²) in [4.78, 5) is 11.8. The second-order valence-corrected chi connectivity index (χ2v) is 3.85. The second-order valence-electron chi connectivity index (χ2n) is 3.85. The van der Waals surface area contributed by atoms with Gasteiger partial charge in [-0.15, -0.1) is 0 Å². The quantitative estimate of drug-likeness (QED) is 0.645. The van der Waals surface area contributed by atoms with Crippen molar-refractivity contribution in [3.05, 3.63) is 40.4 Å². The third-order valence-corrected chi connectivity index (χ3v) is 2.71. The molecule has 0 aliphatic heterocycles. The summed E-state index contributed by atoms with van der Waals surface area (Å²) in [6.07, 6.45) is 0. The van der Waals surface area contributed by atoms with Crippen LogP contribution >= 0.6 is 0 Å². The lowest BCUT2D eigenvalue weighted by molar-refractivity contribution is 0.415. The van der Waals surface area contributed by atoms with Crippen LogP contribution in [0.5, 0.6) is 5.75 Å². The molecule has 4 nitrogen and oxygen atoms in total. The van der Waals surface area contributed by atoms with E-state index in [1.807, 2.05) is 0 Å². The van der Waals surface area contributed by atoms with Crippen LogP contribution in [0.2, 0.25) is 0 Å². The maximum absolute atomic E-state index is 11.8. The van der Waals surface area contributed by atoms with Gasteiger partial charge in [0.2, 0.25) is 0 Å². The van der Waals surface area contributed by atoms with Crippen molar-refractivity contribution in [1.82, 2.24) is 0 Å². The molecule has 0 spiro atoms. The topological polar surface area (TPSA) is 52.6 Å². The number of fused-ring (bicyclic) bond motifs is 3. The van der Waals surface area contributed by atoms with Gasteiger partial charge in [0, 0.05) is 11.5 Å². The highest BCUT2D eigenvalue weighted by Gasteiger charge is 2.13. The molecular formula is C13H10O4. The summed E-state index contributed by atoms with van der Waals surface area (Å²) < 4.78 is 15.8. The van der Waals surface area contributed by atoms with E-state index in [0.29, 0.717) is 33.4 Å². The van der Waals surface area contributed by atoms with Crippen molar-refractivity contribution in [2.75, 3.05) is 7.11 Å². The Morgan fingerprint density at radius 2 is 1.94 bits per heavy atom. The molecule has 0 bridgehead atoms. The smallest absolute Gasteiger partial charge is 0.347 e. The number of hydrogen-bond donors (Lipinski definition) is 0. The summed E-state index contributed by atoms with van der Waals surface area (Å²) in [5.74, 6) is 1.22. The lowest BCUT2D eigenvalue weighted by Gasteiger charge is -1.97. The SMILES string of the molecule is COc1ccc2oc3cc(C)oc(=O)c3c2c1. The molecule has 2 heterocycles. The Morgan fingerprint density at radius 3 is 2.71 bits per heavy atom. The molecule has 0 radical (unpaired) electrons. The van der Waals surface area contributed by atoms with Gasteiger partial charge in [-0.3, -0.25) is 0 Å². The summed E-state index contributed by atoms with van der Waals surface area (Å²) in [6.45, 7) is 1.72. The summed E-state index contributed by atoms with van der Waals surface area (Å²) in [5, 5.41) is 1.18. The molecule has 0 amide bonds. The largest absolute Gasteiger partial charge is 0.497 e. The molecular weight excluding hydrogens is 220 g/mol. The van der Waals surface area contributed by atoms with Crippen LogP contribution in [0.3, 0.4) is 0 Å². The van der Waals surface area contributed by atoms with Crippen molar-refractivity contribution in [2.24, 2.45) is 0 Å². The average Bonchev–Trinajstić information content (AvgIpc) is 2.65. The lowest BCUT2D eigenvalue weighted by atomic mass is 10.2. The highest BCUT2D eigenvalue weighted by molar-refractivity contribution is 6.04. The van der Waals surface area contributed by atoms with Crippen LogP contribution in [-0.4, -0.2) is 7.11 Å². The number of aryl methyl sites for hydroxylation is 1. The van der Waals surface area contributed by atoms with Crippen molar-refractivity contribution in [3.8, 4) is 5.75 Å². The summed E-state index contributed by atoms with van der Waals surface area (Å²) in [7, 11) is 1.58. The van der Waals surface area contributed by atoms with Gasteiger partial charge in [0.15, 0.2) is 0 Å². The number of benzene rings is 1. The van der Waals surface area contributed by atoms with Crippen LogP contribution in [0.25, 0.3) is 21.9 Å².